The van der Waals surface area contributed by atoms with Crippen molar-refractivity contribution in [3.63, 3.8) is 0 Å². The molecule has 1 aromatic heterocycles. The van der Waals surface area contributed by atoms with Gasteiger partial charge in [-0.15, -0.1) is 0 Å². The van der Waals surface area contributed by atoms with Crippen LogP contribution < -0.4 is 5.73 Å². The second-order valence-corrected chi connectivity index (χ2v) is 3.64. The van der Waals surface area contributed by atoms with Crippen LogP contribution in [0.1, 0.15) is 17.4 Å². The summed E-state index contributed by atoms with van der Waals surface area (Å²) >= 11 is 5.57. The lowest BCUT2D eigenvalue weighted by atomic mass is 10.0. The first-order valence-corrected chi connectivity index (χ1v) is 4.92. The first kappa shape index (κ1) is 11.1. The van der Waals surface area contributed by atoms with Crippen LogP contribution in [-0.4, -0.2) is 0 Å². The van der Waals surface area contributed by atoms with Gasteiger partial charge in [0, 0.05) is 5.56 Å². The van der Waals surface area contributed by atoms with Crippen molar-refractivity contribution in [2.75, 3.05) is 0 Å². The lowest BCUT2D eigenvalue weighted by Gasteiger charge is -2.10. The minimum Gasteiger partial charge on any atom is -0.448 e. The summed E-state index contributed by atoms with van der Waals surface area (Å²) in [4.78, 5) is 0. The Bertz CT molecular complexity index is 512. The molecule has 0 aliphatic carbocycles. The van der Waals surface area contributed by atoms with E-state index in [1.54, 1.807) is 0 Å². The van der Waals surface area contributed by atoms with E-state index >= 15 is 0 Å². The van der Waals surface area contributed by atoms with Crippen LogP contribution in [-0.2, 0) is 0 Å². The predicted octanol–water partition coefficient (Wildman–Crippen LogP) is 3.26. The molecule has 2 N–H and O–H groups in total. The molecular formula is C11H8ClF2NO. The summed E-state index contributed by atoms with van der Waals surface area (Å²) in [6, 6.07) is 5.96. The summed E-state index contributed by atoms with van der Waals surface area (Å²) < 4.78 is 31.4. The van der Waals surface area contributed by atoms with E-state index < -0.39 is 17.7 Å². The molecule has 1 atom stereocenters. The molecule has 0 fully saturated rings. The molecule has 1 heterocycles. The Labute approximate surface area is 95.6 Å². The number of rotatable bonds is 2. The second kappa shape index (κ2) is 4.23. The van der Waals surface area contributed by atoms with Gasteiger partial charge in [0.1, 0.15) is 5.76 Å². The molecule has 0 amide bonds. The summed E-state index contributed by atoms with van der Waals surface area (Å²) in [6.07, 6.45) is 0. The van der Waals surface area contributed by atoms with Gasteiger partial charge in [0.25, 0.3) is 0 Å². The maximum Gasteiger partial charge on any atom is 0.193 e. The normalized spacial score (nSPS) is 12.8. The average molecular weight is 244 g/mol. The summed E-state index contributed by atoms with van der Waals surface area (Å²) in [5.74, 6) is -1.62. The SMILES string of the molecule is NC(c1ccc(Cl)o1)c1cccc(F)c1F. The highest BCUT2D eigenvalue weighted by Crippen LogP contribution is 2.26. The highest BCUT2D eigenvalue weighted by atomic mass is 35.5. The zero-order valence-corrected chi connectivity index (χ0v) is 8.84. The lowest BCUT2D eigenvalue weighted by molar-refractivity contribution is 0.463. The fourth-order valence-corrected chi connectivity index (χ4v) is 1.56. The van der Waals surface area contributed by atoms with Crippen molar-refractivity contribution in [1.82, 2.24) is 0 Å². The molecule has 5 heteroatoms. The molecule has 2 aromatic rings. The van der Waals surface area contributed by atoms with E-state index in [1.165, 1.54) is 24.3 Å². The quantitative estimate of drug-likeness (QED) is 0.879. The van der Waals surface area contributed by atoms with Crippen molar-refractivity contribution in [2.24, 2.45) is 5.73 Å². The van der Waals surface area contributed by atoms with E-state index in [0.29, 0.717) is 0 Å². The van der Waals surface area contributed by atoms with Crippen LogP contribution >= 0.6 is 11.6 Å². The lowest BCUT2D eigenvalue weighted by Crippen LogP contribution is -2.13. The molecule has 0 bridgehead atoms. The molecule has 2 rings (SSSR count). The standard InChI is InChI=1S/C11H8ClF2NO/c12-9-5-4-8(16-9)11(15)6-2-1-3-7(13)10(6)14/h1-5,11H,15H2. The third-order valence-electron chi connectivity index (χ3n) is 2.22. The average Bonchev–Trinajstić information content (AvgIpc) is 2.68. The van der Waals surface area contributed by atoms with E-state index in [0.717, 1.165) is 6.07 Å². The Morgan fingerprint density at radius 3 is 2.56 bits per heavy atom. The Balaban J connectivity index is 2.41. The van der Waals surface area contributed by atoms with Crippen molar-refractivity contribution < 1.29 is 13.2 Å². The molecule has 0 saturated carbocycles. The molecule has 0 radical (unpaired) electrons. The van der Waals surface area contributed by atoms with Gasteiger partial charge in [-0.2, -0.15) is 0 Å². The van der Waals surface area contributed by atoms with Crippen molar-refractivity contribution in [2.45, 2.75) is 6.04 Å². The van der Waals surface area contributed by atoms with Gasteiger partial charge >= 0.3 is 0 Å². The van der Waals surface area contributed by atoms with E-state index in [1.807, 2.05) is 0 Å². The maximum atomic E-state index is 13.4. The largest absolute Gasteiger partial charge is 0.448 e. The molecule has 0 saturated heterocycles. The van der Waals surface area contributed by atoms with Gasteiger partial charge in [-0.05, 0) is 29.8 Å². The number of furan rings is 1. The first-order valence-electron chi connectivity index (χ1n) is 4.54. The maximum absolute atomic E-state index is 13.4. The highest BCUT2D eigenvalue weighted by Gasteiger charge is 2.18. The van der Waals surface area contributed by atoms with Gasteiger partial charge in [-0.1, -0.05) is 12.1 Å². The van der Waals surface area contributed by atoms with Crippen LogP contribution in [0, 0.1) is 11.6 Å². The Morgan fingerprint density at radius 2 is 1.94 bits per heavy atom. The minimum atomic E-state index is -0.970. The van der Waals surface area contributed by atoms with Crippen LogP contribution in [0.15, 0.2) is 34.7 Å². The fourth-order valence-electron chi connectivity index (χ4n) is 1.41. The molecule has 0 aliphatic heterocycles. The number of nitrogens with two attached hydrogens (primary N) is 1. The zero-order chi connectivity index (χ0) is 11.7. The van der Waals surface area contributed by atoms with Crippen LogP contribution in [0.25, 0.3) is 0 Å². The topological polar surface area (TPSA) is 39.2 Å². The van der Waals surface area contributed by atoms with Gasteiger partial charge in [0.05, 0.1) is 6.04 Å². The van der Waals surface area contributed by atoms with E-state index in [-0.39, 0.29) is 16.5 Å². The van der Waals surface area contributed by atoms with Gasteiger partial charge in [-0.3, -0.25) is 0 Å². The molecule has 16 heavy (non-hydrogen) atoms. The predicted molar refractivity (Wildman–Crippen MR) is 56.1 cm³/mol. The number of benzene rings is 1. The van der Waals surface area contributed by atoms with Crippen molar-refractivity contribution in [3.05, 3.63) is 58.5 Å². The second-order valence-electron chi connectivity index (χ2n) is 3.26. The van der Waals surface area contributed by atoms with Gasteiger partial charge in [0.2, 0.25) is 0 Å². The van der Waals surface area contributed by atoms with E-state index in [9.17, 15) is 8.78 Å². The van der Waals surface area contributed by atoms with Gasteiger partial charge < -0.3 is 10.2 Å². The van der Waals surface area contributed by atoms with Crippen LogP contribution in [0.2, 0.25) is 5.22 Å². The van der Waals surface area contributed by atoms with E-state index in [2.05, 4.69) is 0 Å². The van der Waals surface area contributed by atoms with Crippen LogP contribution in [0.4, 0.5) is 8.78 Å². The highest BCUT2D eigenvalue weighted by molar-refractivity contribution is 6.28. The Morgan fingerprint density at radius 1 is 1.19 bits per heavy atom. The molecule has 1 unspecified atom stereocenters. The number of hydrogen-bond acceptors (Lipinski definition) is 2. The number of hydrogen-bond donors (Lipinski definition) is 1. The first-order chi connectivity index (χ1) is 7.59. The van der Waals surface area contributed by atoms with Crippen LogP contribution in [0.3, 0.4) is 0 Å². The summed E-state index contributed by atoms with van der Waals surface area (Å²) in [5, 5.41) is 0.155. The molecular weight excluding hydrogens is 236 g/mol. The molecule has 0 aliphatic rings. The third kappa shape index (κ3) is 1.94. The van der Waals surface area contributed by atoms with Crippen molar-refractivity contribution in [3.8, 4) is 0 Å². The zero-order valence-electron chi connectivity index (χ0n) is 8.08. The summed E-state index contributed by atoms with van der Waals surface area (Å²) in [6.45, 7) is 0. The molecule has 2 nitrogen and oxygen atoms in total. The fraction of sp³-hybridized carbons (Fsp3) is 0.0909. The van der Waals surface area contributed by atoms with Crippen LogP contribution in [0.5, 0.6) is 0 Å². The minimum absolute atomic E-state index is 0.0333. The summed E-state index contributed by atoms with van der Waals surface area (Å²) in [5.41, 5.74) is 5.77. The van der Waals surface area contributed by atoms with E-state index in [4.69, 9.17) is 21.8 Å². The monoisotopic (exact) mass is 243 g/mol. The van der Waals surface area contributed by atoms with Gasteiger partial charge in [0.15, 0.2) is 16.9 Å². The summed E-state index contributed by atoms with van der Waals surface area (Å²) in [7, 11) is 0. The molecule has 1 aromatic carbocycles. The smallest absolute Gasteiger partial charge is 0.193 e. The molecule has 84 valence electrons. The Hall–Kier alpha value is -1.39. The third-order valence-corrected chi connectivity index (χ3v) is 2.42. The van der Waals surface area contributed by atoms with Gasteiger partial charge in [-0.25, -0.2) is 8.78 Å². The van der Waals surface area contributed by atoms with Crippen molar-refractivity contribution >= 4 is 11.6 Å². The Kier molecular flexibility index (Phi) is 2.94. The number of halogens is 3. The van der Waals surface area contributed by atoms with Crippen molar-refractivity contribution in [1.29, 1.82) is 0 Å². The molecule has 0 spiro atoms.